The van der Waals surface area contributed by atoms with Crippen LogP contribution in [0.3, 0.4) is 0 Å². The molecule has 2 aromatic carbocycles. The molecule has 2 heterocycles. The zero-order chi connectivity index (χ0) is 23.1. The number of ether oxygens (including phenoxy) is 1. The summed E-state index contributed by atoms with van der Waals surface area (Å²) < 4.78 is 47.8. The number of halogens is 3. The first-order chi connectivity index (χ1) is 15.0. The number of nitrogens with zero attached hydrogens (tertiary/aromatic N) is 4. The van der Waals surface area contributed by atoms with Gasteiger partial charge in [-0.25, -0.2) is 9.67 Å². The minimum Gasteiger partial charge on any atom is -0.443 e. The average Bonchev–Trinajstić information content (AvgIpc) is 3.19. The van der Waals surface area contributed by atoms with Crippen LogP contribution in [0.4, 0.5) is 13.2 Å². The van der Waals surface area contributed by atoms with Crippen LogP contribution in [0.2, 0.25) is 0 Å². The molecule has 166 valence electrons. The molecular formula is C22H19F3N4O3. The van der Waals surface area contributed by atoms with E-state index in [0.717, 1.165) is 4.68 Å². The molecule has 0 aliphatic rings. The number of fused-ring (bicyclic) bond motifs is 1. The lowest BCUT2D eigenvalue weighted by molar-refractivity contribution is -0.274. The van der Waals surface area contributed by atoms with E-state index in [9.17, 15) is 18.0 Å². The SMILES string of the molecule is CC(C)(C)c1cnc(Cn2nnc3ccc(-c4ccc(OC(F)(F)F)cc4)cc3c2=O)o1. The Morgan fingerprint density at radius 1 is 1.03 bits per heavy atom. The highest BCUT2D eigenvalue weighted by atomic mass is 19.4. The lowest BCUT2D eigenvalue weighted by Gasteiger charge is -2.13. The van der Waals surface area contributed by atoms with Gasteiger partial charge in [0.05, 0.1) is 11.6 Å². The number of benzene rings is 2. The summed E-state index contributed by atoms with van der Waals surface area (Å²) in [5.41, 5.74) is 1.05. The van der Waals surface area contributed by atoms with E-state index in [1.165, 1.54) is 24.3 Å². The van der Waals surface area contributed by atoms with Gasteiger partial charge in [-0.2, -0.15) is 0 Å². The Hall–Kier alpha value is -3.69. The topological polar surface area (TPSA) is 83.0 Å². The molecule has 0 aliphatic carbocycles. The van der Waals surface area contributed by atoms with E-state index >= 15 is 0 Å². The second-order valence-electron chi connectivity index (χ2n) is 8.22. The highest BCUT2D eigenvalue weighted by molar-refractivity contribution is 5.83. The van der Waals surface area contributed by atoms with Gasteiger partial charge in [0.25, 0.3) is 5.56 Å². The summed E-state index contributed by atoms with van der Waals surface area (Å²) in [5, 5.41) is 8.35. The molecule has 32 heavy (non-hydrogen) atoms. The van der Waals surface area contributed by atoms with E-state index in [2.05, 4.69) is 20.0 Å². The van der Waals surface area contributed by atoms with Crippen molar-refractivity contribution in [2.75, 3.05) is 0 Å². The molecule has 10 heteroatoms. The molecule has 0 unspecified atom stereocenters. The van der Waals surface area contributed by atoms with Crippen molar-refractivity contribution in [3.05, 3.63) is 70.7 Å². The third-order valence-electron chi connectivity index (χ3n) is 4.72. The Kier molecular flexibility index (Phi) is 5.23. The maximum Gasteiger partial charge on any atom is 0.573 e. The van der Waals surface area contributed by atoms with Gasteiger partial charge in [0.2, 0.25) is 5.89 Å². The van der Waals surface area contributed by atoms with Gasteiger partial charge in [-0.1, -0.05) is 44.2 Å². The van der Waals surface area contributed by atoms with E-state index in [1.807, 2.05) is 20.8 Å². The summed E-state index contributed by atoms with van der Waals surface area (Å²) >= 11 is 0. The van der Waals surface area contributed by atoms with Crippen LogP contribution in [-0.4, -0.2) is 26.3 Å². The van der Waals surface area contributed by atoms with Gasteiger partial charge in [-0.15, -0.1) is 18.3 Å². The quantitative estimate of drug-likeness (QED) is 0.454. The van der Waals surface area contributed by atoms with Gasteiger partial charge in [0, 0.05) is 5.41 Å². The normalized spacial score (nSPS) is 12.3. The molecule has 0 fully saturated rings. The van der Waals surface area contributed by atoms with Crippen LogP contribution in [0.5, 0.6) is 5.75 Å². The molecule has 7 nitrogen and oxygen atoms in total. The smallest absolute Gasteiger partial charge is 0.443 e. The molecule has 4 aromatic rings. The first-order valence-corrected chi connectivity index (χ1v) is 9.68. The number of oxazole rings is 1. The van der Waals surface area contributed by atoms with E-state index in [1.54, 1.807) is 24.4 Å². The summed E-state index contributed by atoms with van der Waals surface area (Å²) in [6.07, 6.45) is -3.14. The van der Waals surface area contributed by atoms with Crippen molar-refractivity contribution in [3.63, 3.8) is 0 Å². The summed E-state index contributed by atoms with van der Waals surface area (Å²) in [5.74, 6) is 0.701. The van der Waals surface area contributed by atoms with Gasteiger partial charge in [0.15, 0.2) is 0 Å². The van der Waals surface area contributed by atoms with Crippen molar-refractivity contribution in [1.29, 1.82) is 0 Å². The minimum atomic E-state index is -4.76. The van der Waals surface area contributed by atoms with Crippen molar-refractivity contribution < 1.29 is 22.3 Å². The Bertz CT molecular complexity index is 1320. The van der Waals surface area contributed by atoms with Gasteiger partial charge in [-0.05, 0) is 35.4 Å². The Morgan fingerprint density at radius 3 is 2.34 bits per heavy atom. The average molecular weight is 444 g/mol. The fourth-order valence-electron chi connectivity index (χ4n) is 3.07. The highest BCUT2D eigenvalue weighted by Crippen LogP contribution is 2.27. The predicted molar refractivity (Wildman–Crippen MR) is 110 cm³/mol. The van der Waals surface area contributed by atoms with Gasteiger partial charge in [-0.3, -0.25) is 4.79 Å². The van der Waals surface area contributed by atoms with E-state index < -0.39 is 6.36 Å². The van der Waals surface area contributed by atoms with Gasteiger partial charge < -0.3 is 9.15 Å². The van der Waals surface area contributed by atoms with Gasteiger partial charge >= 0.3 is 6.36 Å². The molecule has 0 bridgehead atoms. The zero-order valence-electron chi connectivity index (χ0n) is 17.5. The van der Waals surface area contributed by atoms with E-state index in [4.69, 9.17) is 4.42 Å². The Morgan fingerprint density at radius 2 is 1.72 bits per heavy atom. The van der Waals surface area contributed by atoms with Crippen molar-refractivity contribution in [2.24, 2.45) is 0 Å². The van der Waals surface area contributed by atoms with Crippen LogP contribution < -0.4 is 10.3 Å². The van der Waals surface area contributed by atoms with Crippen LogP contribution in [0, 0.1) is 0 Å². The summed E-state index contributed by atoms with van der Waals surface area (Å²) in [6.45, 7) is 5.99. The molecule has 0 spiro atoms. The van der Waals surface area contributed by atoms with E-state index in [-0.39, 0.29) is 23.3 Å². The van der Waals surface area contributed by atoms with Crippen LogP contribution in [0.1, 0.15) is 32.4 Å². The van der Waals surface area contributed by atoms with Crippen LogP contribution in [-0.2, 0) is 12.0 Å². The lowest BCUT2D eigenvalue weighted by atomic mass is 9.94. The number of hydrogen-bond donors (Lipinski definition) is 0. The molecule has 0 radical (unpaired) electrons. The summed E-state index contributed by atoms with van der Waals surface area (Å²) in [7, 11) is 0. The fraction of sp³-hybridized carbons (Fsp3) is 0.273. The minimum absolute atomic E-state index is 0.0194. The molecule has 0 aliphatic heterocycles. The number of rotatable bonds is 4. The standard InChI is InChI=1S/C22H19F3N4O3/c1-21(2,3)18-11-26-19(31-18)12-29-20(30)16-10-14(6-9-17(16)27-28-29)13-4-7-15(8-5-13)32-22(23,24)25/h4-11H,12H2,1-3H3. The molecule has 0 atom stereocenters. The second kappa shape index (κ2) is 7.77. The molecule has 0 N–H and O–H groups in total. The van der Waals surface area contributed by atoms with Gasteiger partial charge in [0.1, 0.15) is 23.6 Å². The Labute approximate surface area is 180 Å². The molecule has 0 amide bonds. The summed E-state index contributed by atoms with van der Waals surface area (Å²) in [4.78, 5) is 17.2. The maximum absolute atomic E-state index is 13.0. The molecular weight excluding hydrogens is 425 g/mol. The third-order valence-corrected chi connectivity index (χ3v) is 4.72. The van der Waals surface area contributed by atoms with Crippen molar-refractivity contribution in [1.82, 2.24) is 20.0 Å². The zero-order valence-corrected chi connectivity index (χ0v) is 17.5. The largest absolute Gasteiger partial charge is 0.573 e. The number of aromatic nitrogens is 4. The van der Waals surface area contributed by atoms with Crippen LogP contribution >= 0.6 is 0 Å². The second-order valence-corrected chi connectivity index (χ2v) is 8.22. The fourth-order valence-corrected chi connectivity index (χ4v) is 3.07. The summed E-state index contributed by atoms with van der Waals surface area (Å²) in [6, 6.07) is 10.4. The number of alkyl halides is 3. The maximum atomic E-state index is 13.0. The van der Waals surface area contributed by atoms with Crippen molar-refractivity contribution in [2.45, 2.75) is 39.1 Å². The Balaban J connectivity index is 1.64. The first-order valence-electron chi connectivity index (χ1n) is 9.68. The molecule has 2 aromatic heterocycles. The van der Waals surface area contributed by atoms with Crippen LogP contribution in [0.25, 0.3) is 22.0 Å². The first kappa shape index (κ1) is 21.5. The molecule has 4 rings (SSSR count). The van der Waals surface area contributed by atoms with Crippen molar-refractivity contribution in [3.8, 4) is 16.9 Å². The highest BCUT2D eigenvalue weighted by Gasteiger charge is 2.31. The third kappa shape index (κ3) is 4.63. The number of hydrogen-bond acceptors (Lipinski definition) is 6. The van der Waals surface area contributed by atoms with Crippen LogP contribution in [0.15, 0.2) is 57.9 Å². The monoisotopic (exact) mass is 444 g/mol. The molecule has 0 saturated carbocycles. The molecule has 0 saturated heterocycles. The predicted octanol–water partition coefficient (Wildman–Crippen LogP) is 4.69. The lowest BCUT2D eigenvalue weighted by Crippen LogP contribution is -2.25. The van der Waals surface area contributed by atoms with Crippen molar-refractivity contribution >= 4 is 10.9 Å². The van der Waals surface area contributed by atoms with E-state index in [0.29, 0.717) is 33.7 Å².